The SMILES string of the molecule is C.CCOC(=O)Cn1nc(I)c2cc(Cl)cnc21.CCOC(=O)Cn1nc(I)c2cccnc21.Cc1cc(N2CCN(C(=O)Cn3nc(I)c4cc(Cl)cnc43)CC2)ccc1Cl.Cc1cc(N2CCN(C(=O)Cn3ncc4cc(Cl)cnc43)CC2)ccc1Cl.Cc1cc(N2CCNCC2)ccc1Cl.O=C(O)Cn1nc(I)c2cc(Cl)cnc21.[Li+].[OH-]. The van der Waals surface area contributed by atoms with Gasteiger partial charge in [0.05, 0.1) is 61.0 Å². The number of halogens is 11. The van der Waals surface area contributed by atoms with Crippen LogP contribution in [-0.2, 0) is 66.2 Å². The van der Waals surface area contributed by atoms with Gasteiger partial charge in [-0.25, -0.2) is 48.3 Å². The summed E-state index contributed by atoms with van der Waals surface area (Å²) >= 11 is 50.2. The van der Waals surface area contributed by atoms with Gasteiger partial charge in [-0.05, 0) is 233 Å². The van der Waals surface area contributed by atoms with E-state index >= 15 is 0 Å². The van der Waals surface area contributed by atoms with E-state index < -0.39 is 5.97 Å². The summed E-state index contributed by atoms with van der Waals surface area (Å²) in [4.78, 5) is 90.6. The number of fused-ring (bicyclic) bond motifs is 5. The number of nitrogens with zero attached hydrogens (tertiary/aromatic N) is 20. The quantitative estimate of drug-likeness (QED) is 0.0547. The number of carboxylic acids is 1. The Morgan fingerprint density at radius 3 is 1.15 bits per heavy atom. The first-order valence-corrected chi connectivity index (χ1v) is 43.4. The predicted molar refractivity (Wildman–Crippen MR) is 499 cm³/mol. The third-order valence-corrected chi connectivity index (χ3v) is 23.6. The zero-order chi connectivity index (χ0) is 83.7. The fourth-order valence-corrected chi connectivity index (χ4v) is 16.2. The van der Waals surface area contributed by atoms with Crippen molar-refractivity contribution in [1.82, 2.24) is 88.9 Å². The number of pyridine rings is 5. The van der Waals surface area contributed by atoms with Crippen molar-refractivity contribution >= 4 is 274 Å². The summed E-state index contributed by atoms with van der Waals surface area (Å²) in [7, 11) is 0. The van der Waals surface area contributed by atoms with E-state index in [9.17, 15) is 24.0 Å². The molecule has 13 heterocycles. The second-order valence-electron chi connectivity index (χ2n) is 26.4. The summed E-state index contributed by atoms with van der Waals surface area (Å²) in [6.45, 7) is 20.8. The number of aromatic nitrogens is 15. The summed E-state index contributed by atoms with van der Waals surface area (Å²) in [5.74, 6) is -1.49. The summed E-state index contributed by atoms with van der Waals surface area (Å²) in [6, 6.07) is 29.2. The van der Waals surface area contributed by atoms with E-state index in [0.717, 1.165) is 134 Å². The summed E-state index contributed by atoms with van der Waals surface area (Å²) in [5.41, 5.74) is 10.1. The number of anilines is 3. The minimum Gasteiger partial charge on any atom is -0.870 e. The molecule has 3 fully saturated rings. The van der Waals surface area contributed by atoms with Crippen molar-refractivity contribution in [2.75, 3.05) is 106 Å². The maximum Gasteiger partial charge on any atom is 1.00 e. The number of hydrogen-bond acceptors (Lipinski definition) is 22. The topological polar surface area (TPSA) is 336 Å². The number of esters is 2. The third-order valence-electron chi connectivity index (χ3n) is 18.4. The molecular formula is C78H81Cl7I4LiN21O9. The van der Waals surface area contributed by atoms with E-state index in [1.807, 2.05) is 102 Å². The first-order chi connectivity index (χ1) is 56.1. The van der Waals surface area contributed by atoms with Gasteiger partial charge in [0.1, 0.15) is 47.5 Å². The van der Waals surface area contributed by atoms with Gasteiger partial charge < -0.3 is 49.9 Å². The van der Waals surface area contributed by atoms with Gasteiger partial charge in [-0.15, -0.1) is 0 Å². The zero-order valence-electron chi connectivity index (χ0n) is 64.9. The van der Waals surface area contributed by atoms with E-state index in [1.165, 1.54) is 27.4 Å². The van der Waals surface area contributed by atoms with Gasteiger partial charge in [-0.3, -0.25) is 24.0 Å². The fourth-order valence-electron chi connectivity index (χ4n) is 12.5. The number of carboxylic acid groups (broad SMARTS) is 1. The molecule has 13 aromatic rings. The van der Waals surface area contributed by atoms with Crippen molar-refractivity contribution < 1.29 is 62.9 Å². The molecule has 0 bridgehead atoms. The number of aryl methyl sites for hydroxylation is 3. The van der Waals surface area contributed by atoms with Crippen molar-refractivity contribution in [1.29, 1.82) is 0 Å². The molecule has 3 aliphatic rings. The smallest absolute Gasteiger partial charge is 0.870 e. The van der Waals surface area contributed by atoms with Crippen LogP contribution in [0.3, 0.4) is 0 Å². The largest absolute Gasteiger partial charge is 1.00 e. The van der Waals surface area contributed by atoms with Crippen LogP contribution in [0.5, 0.6) is 0 Å². The monoisotopic (exact) mass is 2220 g/mol. The Bertz CT molecular complexity index is 5750. The van der Waals surface area contributed by atoms with Crippen LogP contribution in [-0.4, -0.2) is 216 Å². The normalized spacial score (nSPS) is 13.1. The Hall–Kier alpha value is -7.02. The number of piperazine rings is 3. The number of amides is 2. The summed E-state index contributed by atoms with van der Waals surface area (Å²) < 4.78 is 20.5. The molecule has 10 aromatic heterocycles. The molecule has 2 amide bonds. The molecule has 0 spiro atoms. The Labute approximate surface area is 792 Å². The Kier molecular flexibility index (Phi) is 38.2. The second-order valence-corrected chi connectivity index (χ2v) is 33.4. The molecule has 0 atom stereocenters. The van der Waals surface area contributed by atoms with E-state index in [4.69, 9.17) is 95.8 Å². The molecule has 3 N–H and O–H groups in total. The number of nitrogens with one attached hydrogen (secondary N) is 1. The van der Waals surface area contributed by atoms with Gasteiger partial charge in [0.2, 0.25) is 11.8 Å². The molecule has 3 aliphatic heterocycles. The van der Waals surface area contributed by atoms with Crippen LogP contribution in [0.15, 0.2) is 128 Å². The van der Waals surface area contributed by atoms with E-state index in [-0.39, 0.29) is 88.2 Å². The standard InChI is InChI=1S/C19H18Cl2IN5O.C19H19Cl2N5O.C11H15ClN2.C10H9ClIN3O2.C10H10IN3O2.C8H5ClIN3O2.CH4.Li.H2O/c1-12-8-14(2-3-16(12)21)25-4-6-26(7-5-25)17(28)11-27-19-15(18(22)24-27)9-13(20)10-23-19;1-13-8-16(2-3-17(13)21)24-4-6-25(7-5-24)18(27)12-26-19-14(10-23-26)9-15(20)11-22-19;1-9-8-10(2-3-11(9)12)14-6-4-13-5-7-14;1-2-17-8(16)5-15-10-7(9(12)14-15)3-6(11)4-13-10;1-2-16-8(15)6-14-10-7(9(11)13-14)4-3-5-12-10;9-4-1-5-7(10)12-13(3-6(14)15)8(5)11-2-4;;;/h2-3,8-10H,4-7,11H2,1H3;2-3,8-11H,4-7,12H2,1H3;2-3,8,13H,4-7H2,1H3;3-4H,2,5H2,1H3;3-5H,2,6H2,1H3;1-2H,3H2,(H,14,15);1H4;;1H2/q;;;;;;;+1;/p-1. The van der Waals surface area contributed by atoms with Crippen LogP contribution in [0.25, 0.3) is 55.2 Å². The average molecular weight is 2220 g/mol. The number of ether oxygens (including phenoxy) is 2. The maximum atomic E-state index is 12.8. The van der Waals surface area contributed by atoms with Gasteiger partial charge >= 0.3 is 36.8 Å². The van der Waals surface area contributed by atoms with E-state index in [2.05, 4.69) is 162 Å². The van der Waals surface area contributed by atoms with Crippen molar-refractivity contribution in [3.05, 3.63) is 195 Å². The van der Waals surface area contributed by atoms with Crippen LogP contribution < -0.4 is 38.9 Å². The number of aliphatic carboxylic acids is 1. The maximum absolute atomic E-state index is 12.8. The number of benzene rings is 3. The second kappa shape index (κ2) is 46.6. The van der Waals surface area contributed by atoms with Crippen molar-refractivity contribution in [2.45, 2.75) is 74.8 Å². The molecule has 0 aliphatic carbocycles. The van der Waals surface area contributed by atoms with Crippen LogP contribution in [0.1, 0.15) is 38.0 Å². The number of rotatable bonds is 15. The number of carbonyl (C=O) groups is 5. The van der Waals surface area contributed by atoms with Gasteiger partial charge in [0.25, 0.3) is 0 Å². The average Bonchev–Trinajstić information content (AvgIpc) is 1.65. The Morgan fingerprint density at radius 1 is 0.425 bits per heavy atom. The fraction of sp³-hybridized carbons (Fsp3) is 0.321. The van der Waals surface area contributed by atoms with Gasteiger partial charge in [-0.2, -0.15) is 25.5 Å². The molecule has 0 unspecified atom stereocenters. The van der Waals surface area contributed by atoms with E-state index in [0.29, 0.717) is 91.4 Å². The molecule has 0 saturated carbocycles. The van der Waals surface area contributed by atoms with Gasteiger partial charge in [0.15, 0.2) is 28.2 Å². The summed E-state index contributed by atoms with van der Waals surface area (Å²) in [5, 5.41) is 42.1. The van der Waals surface area contributed by atoms with Gasteiger partial charge in [-0.1, -0.05) is 88.6 Å². The van der Waals surface area contributed by atoms with Crippen LogP contribution in [0.4, 0.5) is 17.1 Å². The molecule has 16 rings (SSSR count). The number of hydrogen-bond donors (Lipinski definition) is 2. The molecule has 3 saturated heterocycles. The van der Waals surface area contributed by atoms with Crippen molar-refractivity contribution in [3.63, 3.8) is 0 Å². The first kappa shape index (κ1) is 98.4. The zero-order valence-corrected chi connectivity index (χ0v) is 78.8. The molecular weight excluding hydrogens is 2140 g/mol. The molecule has 120 heavy (non-hydrogen) atoms. The van der Waals surface area contributed by atoms with Crippen molar-refractivity contribution in [3.8, 4) is 0 Å². The Morgan fingerprint density at radius 2 is 0.767 bits per heavy atom. The first-order valence-electron chi connectivity index (χ1n) is 36.4. The molecule has 30 nitrogen and oxygen atoms in total. The summed E-state index contributed by atoms with van der Waals surface area (Å²) in [6.07, 6.45) is 9.52. The number of carbonyl (C=O) groups excluding carboxylic acids is 4. The third kappa shape index (κ3) is 26.3. The van der Waals surface area contributed by atoms with Crippen LogP contribution >= 0.6 is 172 Å². The minimum absolute atomic E-state index is 0. The minimum atomic E-state index is -0.951. The predicted octanol–water partition coefficient (Wildman–Crippen LogP) is 12.5. The molecule has 42 heteroatoms. The van der Waals surface area contributed by atoms with Crippen molar-refractivity contribution in [2.24, 2.45) is 0 Å². The molecule has 3 aromatic carbocycles. The molecule has 0 radical (unpaired) electrons. The van der Waals surface area contributed by atoms with E-state index in [1.54, 1.807) is 70.9 Å². The van der Waals surface area contributed by atoms with Crippen LogP contribution in [0, 0.1) is 35.6 Å². The van der Waals surface area contributed by atoms with Crippen LogP contribution in [0.2, 0.25) is 35.2 Å². The van der Waals surface area contributed by atoms with Gasteiger partial charge in [0, 0.05) is 147 Å². The Balaban J connectivity index is 0.000000182. The molecule has 630 valence electrons.